The lowest BCUT2D eigenvalue weighted by Gasteiger charge is -2.13. The van der Waals surface area contributed by atoms with Gasteiger partial charge in [0.2, 0.25) is 0 Å². The predicted molar refractivity (Wildman–Crippen MR) is 411 cm³/mol. The van der Waals surface area contributed by atoms with Crippen molar-refractivity contribution in [3.05, 3.63) is 206 Å². The number of carbonyl (C=O) groups excluding carboxylic acids is 6. The summed E-state index contributed by atoms with van der Waals surface area (Å²) in [6, 6.07) is 7.68. The second-order valence-electron chi connectivity index (χ2n) is 21.4. The smallest absolute Gasteiger partial charge is 0.342 e. The standard InChI is InChI=1S/C16H17ClN2O3.2C16H15ClN2O3.C14H13ClN2O4.C13H11ClO4.C2H6.H2/c3*1-10-9-12(21-3)14(16(20)22-4)11(15(10)17)5-6-13-18-7-8-19(13)2;1-17-6-5-16-11(17)4-3-8-12(14(20)21-2)9(18)7-10(19)13(8)15;1-8-7-10(17-2)11(13(16)18-3)9(12(8)14)5-4-6-15;1-2;/h5-9H,1-4H3;2*7-9H,1-4H3;3-7,18-19H,1-2H3;6-7H,1-3H3;1-2H3;1H/b6-5+;;;4-3+;;;. The van der Waals surface area contributed by atoms with Crippen LogP contribution in [0.15, 0.2) is 79.9 Å². The van der Waals surface area contributed by atoms with Crippen molar-refractivity contribution in [3.8, 4) is 70.0 Å². The Morgan fingerprint density at radius 1 is 0.393 bits per heavy atom. The fourth-order valence-corrected chi connectivity index (χ4v) is 10.3. The number of aromatic nitrogens is 8. The number of aryl methyl sites for hydroxylation is 8. The lowest BCUT2D eigenvalue weighted by atomic mass is 10.0. The first-order valence-electron chi connectivity index (χ1n) is 31.4. The van der Waals surface area contributed by atoms with E-state index < -0.39 is 35.6 Å². The third-order valence-corrected chi connectivity index (χ3v) is 17.1. The van der Waals surface area contributed by atoms with Crippen molar-refractivity contribution in [3.63, 3.8) is 0 Å². The number of benzene rings is 5. The highest BCUT2D eigenvalue weighted by atomic mass is 35.5. The van der Waals surface area contributed by atoms with Gasteiger partial charge < -0.3 is 71.1 Å². The number of aldehydes is 1. The molecule has 30 heteroatoms. The van der Waals surface area contributed by atoms with Gasteiger partial charge in [0, 0.05) is 96.4 Å². The summed E-state index contributed by atoms with van der Waals surface area (Å²) in [4.78, 5) is 86.5. The Kier molecular flexibility index (Phi) is 34.7. The highest BCUT2D eigenvalue weighted by molar-refractivity contribution is 6.35. The topological polar surface area (TPSA) is 297 Å². The number of esters is 5. The average molecular weight is 1570 g/mol. The number of imidazole rings is 4. The number of hydrogen-bond acceptors (Lipinski definition) is 21. The molecule has 0 unspecified atom stereocenters. The van der Waals surface area contributed by atoms with E-state index in [2.05, 4.69) is 64.9 Å². The number of ether oxygens (including phenoxy) is 9. The molecular formula is C77H79Cl5N8O17. The molecule has 0 radical (unpaired) electrons. The summed E-state index contributed by atoms with van der Waals surface area (Å²) >= 11 is 31.1. The zero-order chi connectivity index (χ0) is 80.1. The van der Waals surface area contributed by atoms with Crippen LogP contribution in [0.3, 0.4) is 0 Å². The largest absolute Gasteiger partial charge is 0.507 e. The molecule has 0 aliphatic rings. The molecule has 0 saturated carbocycles. The van der Waals surface area contributed by atoms with Crippen molar-refractivity contribution in [2.75, 3.05) is 64.0 Å². The summed E-state index contributed by atoms with van der Waals surface area (Å²) in [7, 11) is 19.6. The second-order valence-corrected chi connectivity index (χ2v) is 23.3. The molecule has 4 heterocycles. The van der Waals surface area contributed by atoms with Crippen LogP contribution in [-0.2, 0) is 56.7 Å². The molecule has 2 N–H and O–H groups in total. The van der Waals surface area contributed by atoms with Crippen molar-refractivity contribution in [2.24, 2.45) is 28.2 Å². The Bertz CT molecular complexity index is 4890. The molecule has 9 rings (SSSR count). The normalized spacial score (nSPS) is 10.1. The van der Waals surface area contributed by atoms with Gasteiger partial charge in [-0.15, -0.1) is 0 Å². The van der Waals surface area contributed by atoms with E-state index in [1.54, 1.807) is 114 Å². The minimum atomic E-state index is -0.756. The summed E-state index contributed by atoms with van der Waals surface area (Å²) < 4.78 is 51.8. The van der Waals surface area contributed by atoms with E-state index in [1.807, 2.05) is 66.5 Å². The Labute approximate surface area is 645 Å². The molecule has 0 spiro atoms. The van der Waals surface area contributed by atoms with Crippen LogP contribution in [-0.4, -0.2) is 149 Å². The molecule has 9 aromatic rings. The summed E-state index contributed by atoms with van der Waals surface area (Å²) in [5, 5.41) is 21.0. The van der Waals surface area contributed by atoms with Crippen LogP contribution in [0.4, 0.5) is 0 Å². The Hall–Kier alpha value is -11.6. The van der Waals surface area contributed by atoms with Gasteiger partial charge in [0.25, 0.3) is 0 Å². The number of methoxy groups -OCH3 is 9. The van der Waals surface area contributed by atoms with E-state index in [9.17, 15) is 39.0 Å². The maximum atomic E-state index is 12.1. The van der Waals surface area contributed by atoms with Gasteiger partial charge >= 0.3 is 29.8 Å². The van der Waals surface area contributed by atoms with Gasteiger partial charge in [0.15, 0.2) is 17.9 Å². The number of aromatic hydroxyl groups is 2. The third-order valence-electron chi connectivity index (χ3n) is 14.8. The lowest BCUT2D eigenvalue weighted by Crippen LogP contribution is -2.08. The second kappa shape index (κ2) is 42.4. The molecule has 0 aliphatic carbocycles. The molecule has 0 amide bonds. The van der Waals surface area contributed by atoms with Crippen LogP contribution >= 0.6 is 58.0 Å². The lowest BCUT2D eigenvalue weighted by molar-refractivity contribution is -0.103. The first-order valence-corrected chi connectivity index (χ1v) is 33.3. The highest BCUT2D eigenvalue weighted by Crippen LogP contribution is 2.39. The summed E-state index contributed by atoms with van der Waals surface area (Å²) in [6.45, 7) is 11.2. The van der Waals surface area contributed by atoms with Gasteiger partial charge in [0.1, 0.15) is 74.0 Å². The minimum Gasteiger partial charge on any atom is -0.507 e. The van der Waals surface area contributed by atoms with Gasteiger partial charge in [-0.2, -0.15) is 0 Å². The van der Waals surface area contributed by atoms with Crippen LogP contribution in [0.2, 0.25) is 25.1 Å². The molecule has 5 aromatic carbocycles. The number of phenols is 2. The fourth-order valence-electron chi connectivity index (χ4n) is 9.28. The van der Waals surface area contributed by atoms with Crippen molar-refractivity contribution in [1.82, 2.24) is 38.2 Å². The first kappa shape index (κ1) is 87.8. The number of hydrogen-bond donors (Lipinski definition) is 2. The molecular weight excluding hydrogens is 1490 g/mol. The number of rotatable bonds is 13. The maximum Gasteiger partial charge on any atom is 0.342 e. The van der Waals surface area contributed by atoms with Gasteiger partial charge in [-0.05, 0) is 116 Å². The van der Waals surface area contributed by atoms with Crippen molar-refractivity contribution < 1.29 is 83.0 Å². The molecule has 0 aliphatic heterocycles. The van der Waals surface area contributed by atoms with Crippen LogP contribution in [0.1, 0.15) is 140 Å². The summed E-state index contributed by atoms with van der Waals surface area (Å²) in [5.41, 5.74) is 5.41. The van der Waals surface area contributed by atoms with Crippen LogP contribution in [0.25, 0.3) is 24.3 Å². The quantitative estimate of drug-likeness (QED) is 0.0469. The monoisotopic (exact) mass is 1560 g/mol. The number of carbonyl (C=O) groups is 6. The molecule has 564 valence electrons. The highest BCUT2D eigenvalue weighted by Gasteiger charge is 2.27. The molecule has 0 atom stereocenters. The van der Waals surface area contributed by atoms with Crippen LogP contribution in [0.5, 0.6) is 34.5 Å². The van der Waals surface area contributed by atoms with Gasteiger partial charge in [-0.3, -0.25) is 4.79 Å². The van der Waals surface area contributed by atoms with E-state index in [0.29, 0.717) is 94.7 Å². The summed E-state index contributed by atoms with van der Waals surface area (Å²) in [6.07, 6.45) is 20.8. The summed E-state index contributed by atoms with van der Waals surface area (Å²) in [5.74, 6) is 16.6. The zero-order valence-corrected chi connectivity index (χ0v) is 65.7. The van der Waals surface area contributed by atoms with Gasteiger partial charge in [-0.25, -0.2) is 43.9 Å². The first-order chi connectivity index (χ1) is 51.0. The molecule has 0 fully saturated rings. The van der Waals surface area contributed by atoms with Crippen molar-refractivity contribution in [2.45, 2.75) is 41.5 Å². The number of halogens is 5. The Morgan fingerprint density at radius 2 is 0.692 bits per heavy atom. The molecule has 0 saturated heterocycles. The van der Waals surface area contributed by atoms with E-state index in [4.69, 9.17) is 91.2 Å². The van der Waals surface area contributed by atoms with E-state index >= 15 is 0 Å². The van der Waals surface area contributed by atoms with E-state index in [-0.39, 0.29) is 45.6 Å². The Balaban J connectivity index is 0.000000348. The number of nitrogens with zero attached hydrogens (tertiary/aromatic N) is 8. The maximum absolute atomic E-state index is 12.1. The van der Waals surface area contributed by atoms with Crippen molar-refractivity contribution >= 4 is 118 Å². The molecule has 107 heavy (non-hydrogen) atoms. The number of phenolic OH excluding ortho intramolecular Hbond substituents is 2. The molecule has 25 nitrogen and oxygen atoms in total. The fraction of sp³-hybridized carbons (Fsp3) is 0.247. The van der Waals surface area contributed by atoms with Gasteiger partial charge in [-0.1, -0.05) is 89.6 Å². The average Bonchev–Trinajstić information content (AvgIpc) is 0.951. The van der Waals surface area contributed by atoms with Crippen LogP contribution in [0, 0.1) is 63.2 Å². The van der Waals surface area contributed by atoms with E-state index in [0.717, 1.165) is 28.6 Å². The molecule has 0 bridgehead atoms. The predicted octanol–water partition coefficient (Wildman–Crippen LogP) is 14.2. The minimum absolute atomic E-state index is 0. The van der Waals surface area contributed by atoms with Crippen molar-refractivity contribution in [1.29, 1.82) is 0 Å². The van der Waals surface area contributed by atoms with Crippen LogP contribution < -0.4 is 18.9 Å². The SMILES string of the molecule is CC.COC(=O)c1c(O)cc(O)c(Cl)c1/C=C/c1nccn1C.COC(=O)c1c(OC)cc(C)c(Cl)c1/C=C/c1nccn1C.COC(=O)c1c(OC)cc(C)c(Cl)c1C#CC=O.COC(=O)c1c(OC)cc(C)c(Cl)c1C#Cc1nccn1C.COC(=O)c1c(OC)cc(C)c(Cl)c1C#Cc1nccn1C.[HH]. The van der Waals surface area contributed by atoms with Gasteiger partial charge in [0.05, 0.1) is 106 Å². The Morgan fingerprint density at radius 3 is 1.00 bits per heavy atom. The van der Waals surface area contributed by atoms with E-state index in [1.165, 1.54) is 70.1 Å². The third kappa shape index (κ3) is 22.2. The zero-order valence-electron chi connectivity index (χ0n) is 61.9. The molecule has 4 aromatic heterocycles.